The van der Waals surface area contributed by atoms with Crippen LogP contribution in [0.1, 0.15) is 133 Å². The predicted molar refractivity (Wildman–Crippen MR) is 289 cm³/mol. The highest BCUT2D eigenvalue weighted by Crippen LogP contribution is 2.30. The molecule has 1 aromatic rings. The normalized spacial score (nSPS) is 19.0. The first-order valence-electron chi connectivity index (χ1n) is 27.5. The number of nitrogens with zero attached hydrogens (tertiary/aromatic N) is 4. The van der Waals surface area contributed by atoms with Crippen LogP contribution in [0, 0.1) is 23.7 Å². The second kappa shape index (κ2) is 31.3. The number of methoxy groups -OCH3 is 2. The van der Waals surface area contributed by atoms with E-state index in [1.54, 1.807) is 56.5 Å². The van der Waals surface area contributed by atoms with E-state index in [0.29, 0.717) is 39.0 Å². The molecule has 2 aliphatic heterocycles. The van der Waals surface area contributed by atoms with Gasteiger partial charge in [0.05, 0.1) is 49.3 Å². The number of likely N-dealkylation sites (tertiary alicyclic amines) is 1. The third-order valence-electron chi connectivity index (χ3n) is 14.6. The van der Waals surface area contributed by atoms with Crippen LogP contribution in [-0.2, 0) is 63.8 Å². The second-order valence-corrected chi connectivity index (χ2v) is 22.5. The maximum absolute atomic E-state index is 14.7. The highest BCUT2D eigenvalue weighted by Gasteiger charge is 2.44. The second-order valence-electron chi connectivity index (χ2n) is 22.5. The number of carbonyl (C=O) groups is 8. The Hall–Kier alpha value is -5.38. The number of aliphatic carboxylic acids is 1. The number of nitrogens with one attached hydrogen (secondary N) is 3. The summed E-state index contributed by atoms with van der Waals surface area (Å²) in [6.45, 7) is 21.0. The van der Waals surface area contributed by atoms with Gasteiger partial charge in [0, 0.05) is 47.2 Å². The average molecular weight is 1090 g/mol. The Morgan fingerprint density at radius 3 is 2.04 bits per heavy atom. The first-order valence-corrected chi connectivity index (χ1v) is 27.5. The molecule has 77 heavy (non-hydrogen) atoms. The Morgan fingerprint density at radius 2 is 1.49 bits per heavy atom. The third kappa shape index (κ3) is 19.8. The van der Waals surface area contributed by atoms with Crippen molar-refractivity contribution in [2.75, 3.05) is 54.6 Å². The van der Waals surface area contributed by atoms with Gasteiger partial charge in [0.15, 0.2) is 6.04 Å². The minimum atomic E-state index is -1.55. The zero-order valence-electron chi connectivity index (χ0n) is 48.6. The van der Waals surface area contributed by atoms with Crippen molar-refractivity contribution in [3.63, 3.8) is 0 Å². The molecule has 11 unspecified atom stereocenters. The summed E-state index contributed by atoms with van der Waals surface area (Å²) in [6.07, 6.45) is 0.248. The van der Waals surface area contributed by atoms with Crippen molar-refractivity contribution in [3.8, 4) is 0 Å². The molecule has 2 aliphatic rings. The molecule has 2 heterocycles. The summed E-state index contributed by atoms with van der Waals surface area (Å²) in [6, 6.07) is 4.31. The van der Waals surface area contributed by atoms with E-state index in [1.165, 1.54) is 26.2 Å². The SMILES string of the molecule is CCC(C)C(C(CC(=O)N1CCCC1C(OC)C(C)C(=O)NC(Cc1ccccc1)C(=O)N1CCCCO1)OC)N(C)C(=O)C(NC(=O)C(C(C)C)N(C)CCCC(=O)OC(C)C(NC(=O)OC(C)(C)C)C(=O)O)C(C)C. The van der Waals surface area contributed by atoms with Crippen molar-refractivity contribution in [2.45, 2.75) is 194 Å². The molecule has 6 amide bonds. The topological polar surface area (TPSA) is 252 Å². The summed E-state index contributed by atoms with van der Waals surface area (Å²) in [4.78, 5) is 119. The molecule has 2 fully saturated rings. The van der Waals surface area contributed by atoms with E-state index in [4.69, 9.17) is 23.8 Å². The van der Waals surface area contributed by atoms with Gasteiger partial charge in [-0.15, -0.1) is 0 Å². The molecule has 0 saturated carbocycles. The number of rotatable bonds is 29. The van der Waals surface area contributed by atoms with Gasteiger partial charge in [-0.2, -0.15) is 0 Å². The summed E-state index contributed by atoms with van der Waals surface area (Å²) in [7, 11) is 6.45. The van der Waals surface area contributed by atoms with Crippen LogP contribution in [0.5, 0.6) is 0 Å². The highest BCUT2D eigenvalue weighted by atomic mass is 16.7. The predicted octanol–water partition coefficient (Wildman–Crippen LogP) is 4.98. The first kappa shape index (κ1) is 65.9. The van der Waals surface area contributed by atoms with Gasteiger partial charge in [-0.05, 0) is 96.7 Å². The Kier molecular flexibility index (Phi) is 26.8. The fraction of sp³-hybridized carbons (Fsp3) is 0.750. The number of hydrogen-bond acceptors (Lipinski definition) is 14. The number of alkyl carbamates (subject to hydrolysis) is 1. The fourth-order valence-electron chi connectivity index (χ4n) is 10.3. The quantitative estimate of drug-likeness (QED) is 0.0773. The third-order valence-corrected chi connectivity index (χ3v) is 14.6. The zero-order chi connectivity index (χ0) is 57.9. The lowest BCUT2D eigenvalue weighted by Crippen LogP contribution is -2.60. The Morgan fingerprint density at radius 1 is 0.831 bits per heavy atom. The Bertz CT molecular complexity index is 2080. The van der Waals surface area contributed by atoms with Crippen LogP contribution in [0.2, 0.25) is 0 Å². The number of benzene rings is 1. The number of hydroxylamine groups is 2. The van der Waals surface area contributed by atoms with Gasteiger partial charge in [0.2, 0.25) is 23.6 Å². The Labute approximate surface area is 457 Å². The summed E-state index contributed by atoms with van der Waals surface area (Å²) >= 11 is 0. The summed E-state index contributed by atoms with van der Waals surface area (Å²) in [5.41, 5.74) is 0.00610. The Balaban J connectivity index is 1.72. The van der Waals surface area contributed by atoms with Gasteiger partial charge in [0.1, 0.15) is 23.8 Å². The molecule has 0 spiro atoms. The first-order chi connectivity index (χ1) is 36.2. The molecule has 1 aromatic carbocycles. The molecule has 2 saturated heterocycles. The highest BCUT2D eigenvalue weighted by molar-refractivity contribution is 5.91. The minimum Gasteiger partial charge on any atom is -0.480 e. The van der Waals surface area contributed by atoms with Crippen LogP contribution in [0.25, 0.3) is 0 Å². The molecule has 436 valence electrons. The van der Waals surface area contributed by atoms with Crippen molar-refractivity contribution >= 4 is 47.6 Å². The van der Waals surface area contributed by atoms with E-state index in [0.717, 1.165) is 18.4 Å². The van der Waals surface area contributed by atoms with Crippen LogP contribution >= 0.6 is 0 Å². The smallest absolute Gasteiger partial charge is 0.408 e. The van der Waals surface area contributed by atoms with E-state index < -0.39 is 84.1 Å². The molecule has 21 heteroatoms. The summed E-state index contributed by atoms with van der Waals surface area (Å²) < 4.78 is 22.7. The maximum atomic E-state index is 14.7. The molecule has 0 radical (unpaired) electrons. The lowest BCUT2D eigenvalue weighted by molar-refractivity contribution is -0.199. The van der Waals surface area contributed by atoms with Crippen LogP contribution in [-0.4, -0.2) is 187 Å². The number of likely N-dealkylation sites (N-methyl/N-ethyl adjacent to an activating group) is 2. The fourth-order valence-corrected chi connectivity index (χ4v) is 10.3. The standard InChI is InChI=1S/C56H93N7O14/c1-16-36(6)48(61(13)53(69)45(34(2)3)58-51(67)47(35(4)5)60(12)28-23-27-44(65)76-38(8)46(54(70)71)59-55(72)77-56(9,10)11)42(73-14)33-43(64)62-29-22-26-41(62)49(74-15)37(7)50(66)57-40(32-39-24-18-17-19-25-39)52(68)63-30-20-21-31-75-63/h17-19,24-25,34-38,40-42,45-49H,16,20-23,26-33H2,1-15H3,(H,57,66)(H,58,67)(H,59,72)(H,70,71). The molecule has 3 rings (SSSR count). The molecular formula is C56H93N7O14. The van der Waals surface area contributed by atoms with E-state index in [-0.39, 0.29) is 79.5 Å². The number of carboxylic acids is 1. The van der Waals surface area contributed by atoms with E-state index in [2.05, 4.69) is 16.0 Å². The maximum Gasteiger partial charge on any atom is 0.408 e. The van der Waals surface area contributed by atoms with Crippen molar-refractivity contribution in [1.29, 1.82) is 0 Å². The summed E-state index contributed by atoms with van der Waals surface area (Å²) in [5.74, 6) is -5.23. The van der Waals surface area contributed by atoms with Crippen LogP contribution in [0.15, 0.2) is 30.3 Å². The van der Waals surface area contributed by atoms with Gasteiger partial charge in [0.25, 0.3) is 5.91 Å². The molecular weight excluding hydrogens is 995 g/mol. The molecule has 0 aliphatic carbocycles. The number of ether oxygens (including phenoxy) is 4. The van der Waals surface area contributed by atoms with Crippen LogP contribution < -0.4 is 16.0 Å². The molecule has 11 atom stereocenters. The minimum absolute atomic E-state index is 0.0748. The van der Waals surface area contributed by atoms with Crippen LogP contribution in [0.3, 0.4) is 0 Å². The van der Waals surface area contributed by atoms with E-state index in [1.807, 2.05) is 71.9 Å². The van der Waals surface area contributed by atoms with Gasteiger partial charge in [-0.1, -0.05) is 85.2 Å². The number of hydrogen-bond donors (Lipinski definition) is 4. The lowest BCUT2D eigenvalue weighted by atomic mass is 9.89. The number of esters is 1. The van der Waals surface area contributed by atoms with Crippen molar-refractivity contribution in [3.05, 3.63) is 35.9 Å². The van der Waals surface area contributed by atoms with Gasteiger partial charge in [-0.25, -0.2) is 14.7 Å². The summed E-state index contributed by atoms with van der Waals surface area (Å²) in [5, 5.41) is 19.3. The largest absolute Gasteiger partial charge is 0.480 e. The zero-order valence-corrected chi connectivity index (χ0v) is 48.6. The van der Waals surface area contributed by atoms with E-state index in [9.17, 15) is 43.5 Å². The van der Waals surface area contributed by atoms with Crippen LogP contribution in [0.4, 0.5) is 4.79 Å². The molecule has 21 nitrogen and oxygen atoms in total. The number of carboxylic acid groups (broad SMARTS) is 1. The lowest BCUT2D eigenvalue weighted by Gasteiger charge is -2.41. The monoisotopic (exact) mass is 1090 g/mol. The van der Waals surface area contributed by atoms with E-state index >= 15 is 0 Å². The van der Waals surface area contributed by atoms with Gasteiger partial charge >= 0.3 is 18.0 Å². The molecule has 0 aromatic heterocycles. The van der Waals surface area contributed by atoms with Gasteiger partial charge < -0.3 is 49.8 Å². The number of carbonyl (C=O) groups excluding carboxylic acids is 7. The van der Waals surface area contributed by atoms with Crippen molar-refractivity contribution in [1.82, 2.24) is 35.7 Å². The van der Waals surface area contributed by atoms with Crippen molar-refractivity contribution < 1.29 is 67.2 Å². The molecule has 4 N–H and O–H groups in total. The number of amides is 6. The van der Waals surface area contributed by atoms with Gasteiger partial charge in [-0.3, -0.25) is 38.5 Å². The van der Waals surface area contributed by atoms with Crippen molar-refractivity contribution in [2.24, 2.45) is 23.7 Å². The molecule has 0 bridgehead atoms. The average Bonchev–Trinajstić information content (AvgIpc) is 3.86.